The lowest BCUT2D eigenvalue weighted by molar-refractivity contribution is -0.130. The Morgan fingerprint density at radius 3 is 2.14 bits per heavy atom. The van der Waals surface area contributed by atoms with E-state index >= 15 is 0 Å². The number of hydrogen-bond acceptors (Lipinski definition) is 2. The maximum atomic E-state index is 12.7. The van der Waals surface area contributed by atoms with Gasteiger partial charge in [-0.25, -0.2) is 0 Å². The normalized spacial score (nSPS) is 21.2. The van der Waals surface area contributed by atoms with Crippen LogP contribution in [0.5, 0.6) is 0 Å². The van der Waals surface area contributed by atoms with Crippen molar-refractivity contribution in [1.29, 1.82) is 0 Å². The number of carbonyl (C=O) groups is 1. The lowest BCUT2D eigenvalue weighted by Gasteiger charge is -2.35. The number of methoxy groups -OCH3 is 1. The highest BCUT2D eigenvalue weighted by Gasteiger charge is 2.44. The van der Waals surface area contributed by atoms with Gasteiger partial charge in [-0.3, -0.25) is 4.79 Å². The molecule has 0 aromatic heterocycles. The summed E-state index contributed by atoms with van der Waals surface area (Å²) in [4.78, 5) is 12.7. The van der Waals surface area contributed by atoms with Gasteiger partial charge in [0.15, 0.2) is 11.4 Å². The maximum Gasteiger partial charge on any atom is 0.196 e. The average Bonchev–Trinajstić information content (AvgIpc) is 2.56. The van der Waals surface area contributed by atoms with Gasteiger partial charge < -0.3 is 4.74 Å². The molecule has 1 aliphatic carbocycles. The first-order valence-electron chi connectivity index (χ1n) is 6.88. The lowest BCUT2D eigenvalue weighted by atomic mass is 9.76. The van der Waals surface area contributed by atoms with Crippen LogP contribution in [0.2, 0.25) is 0 Å². The lowest BCUT2D eigenvalue weighted by Crippen LogP contribution is -2.39. The summed E-state index contributed by atoms with van der Waals surface area (Å²) < 4.78 is 5.78. The maximum absolute atomic E-state index is 12.7. The molecule has 0 amide bonds. The van der Waals surface area contributed by atoms with Crippen LogP contribution in [-0.4, -0.2) is 12.9 Å². The number of benzene rings is 2. The van der Waals surface area contributed by atoms with E-state index in [1.807, 2.05) is 66.7 Å². The SMILES string of the molecule is COC1(c2ccccc2)C(=O)C=CC=C1c1ccccc1. The molecule has 0 fully saturated rings. The molecule has 1 unspecified atom stereocenters. The summed E-state index contributed by atoms with van der Waals surface area (Å²) in [5.41, 5.74) is 1.62. The second kappa shape index (κ2) is 5.51. The molecule has 21 heavy (non-hydrogen) atoms. The molecule has 0 heterocycles. The summed E-state index contributed by atoms with van der Waals surface area (Å²) in [6, 6.07) is 19.5. The van der Waals surface area contributed by atoms with Crippen molar-refractivity contribution in [3.8, 4) is 0 Å². The molecule has 3 rings (SSSR count). The molecule has 2 nitrogen and oxygen atoms in total. The fourth-order valence-electron chi connectivity index (χ4n) is 2.82. The predicted octanol–water partition coefficient (Wildman–Crippen LogP) is 3.75. The summed E-state index contributed by atoms with van der Waals surface area (Å²) in [6.45, 7) is 0. The monoisotopic (exact) mass is 276 g/mol. The zero-order valence-electron chi connectivity index (χ0n) is 11.8. The summed E-state index contributed by atoms with van der Waals surface area (Å²) in [7, 11) is 1.58. The van der Waals surface area contributed by atoms with Crippen molar-refractivity contribution in [2.45, 2.75) is 5.60 Å². The summed E-state index contributed by atoms with van der Waals surface area (Å²) >= 11 is 0. The van der Waals surface area contributed by atoms with E-state index in [1.165, 1.54) is 0 Å². The first kappa shape index (κ1) is 13.5. The molecule has 0 saturated carbocycles. The highest BCUT2D eigenvalue weighted by Crippen LogP contribution is 2.42. The van der Waals surface area contributed by atoms with Crippen molar-refractivity contribution in [2.24, 2.45) is 0 Å². The fraction of sp³-hybridized carbons (Fsp3) is 0.105. The Kier molecular flexibility index (Phi) is 3.55. The molecule has 0 bridgehead atoms. The van der Waals surface area contributed by atoms with E-state index in [4.69, 9.17) is 4.74 Å². The van der Waals surface area contributed by atoms with Crippen LogP contribution in [0, 0.1) is 0 Å². The van der Waals surface area contributed by atoms with Crippen molar-refractivity contribution < 1.29 is 9.53 Å². The highest BCUT2D eigenvalue weighted by atomic mass is 16.5. The molecule has 0 saturated heterocycles. The van der Waals surface area contributed by atoms with Crippen LogP contribution in [0.4, 0.5) is 0 Å². The Bertz CT molecular complexity index is 699. The van der Waals surface area contributed by atoms with Gasteiger partial charge in [0.05, 0.1) is 0 Å². The van der Waals surface area contributed by atoms with Gasteiger partial charge in [0, 0.05) is 12.7 Å². The summed E-state index contributed by atoms with van der Waals surface area (Å²) in [6.07, 6.45) is 5.31. The van der Waals surface area contributed by atoms with E-state index in [0.717, 1.165) is 16.7 Å². The van der Waals surface area contributed by atoms with Crippen molar-refractivity contribution in [3.63, 3.8) is 0 Å². The first-order valence-corrected chi connectivity index (χ1v) is 6.88. The van der Waals surface area contributed by atoms with Gasteiger partial charge in [-0.15, -0.1) is 0 Å². The van der Waals surface area contributed by atoms with Gasteiger partial charge in [-0.2, -0.15) is 0 Å². The van der Waals surface area contributed by atoms with Crippen LogP contribution in [0.25, 0.3) is 5.57 Å². The molecule has 0 aliphatic heterocycles. The van der Waals surface area contributed by atoms with Gasteiger partial charge in [0.2, 0.25) is 0 Å². The fourth-order valence-corrected chi connectivity index (χ4v) is 2.82. The van der Waals surface area contributed by atoms with Crippen LogP contribution in [0.1, 0.15) is 11.1 Å². The summed E-state index contributed by atoms with van der Waals surface area (Å²) in [5, 5.41) is 0. The van der Waals surface area contributed by atoms with Crippen molar-refractivity contribution in [1.82, 2.24) is 0 Å². The molecule has 104 valence electrons. The van der Waals surface area contributed by atoms with E-state index in [1.54, 1.807) is 19.3 Å². The molecule has 2 aromatic carbocycles. The Morgan fingerprint density at radius 2 is 1.52 bits per heavy atom. The van der Waals surface area contributed by atoms with Crippen LogP contribution < -0.4 is 0 Å². The number of rotatable bonds is 3. The minimum absolute atomic E-state index is 0.0578. The third kappa shape index (κ3) is 2.14. The van der Waals surface area contributed by atoms with Crippen LogP contribution in [0.15, 0.2) is 78.9 Å². The highest BCUT2D eigenvalue weighted by molar-refractivity contribution is 6.10. The number of ketones is 1. The molecule has 0 N–H and O–H groups in total. The zero-order valence-corrected chi connectivity index (χ0v) is 11.8. The van der Waals surface area contributed by atoms with Gasteiger partial charge in [0.1, 0.15) is 0 Å². The molecule has 1 atom stereocenters. The molecule has 1 aliphatic rings. The van der Waals surface area contributed by atoms with Crippen molar-refractivity contribution >= 4 is 11.4 Å². The van der Waals surface area contributed by atoms with E-state index < -0.39 is 5.60 Å². The Labute approximate surface area is 124 Å². The van der Waals surface area contributed by atoms with Gasteiger partial charge in [0.25, 0.3) is 0 Å². The number of ether oxygens (including phenoxy) is 1. The quantitative estimate of drug-likeness (QED) is 0.853. The average molecular weight is 276 g/mol. The molecular formula is C19H16O2. The van der Waals surface area contributed by atoms with Crippen LogP contribution >= 0.6 is 0 Å². The Morgan fingerprint density at radius 1 is 0.905 bits per heavy atom. The smallest absolute Gasteiger partial charge is 0.196 e. The van der Waals surface area contributed by atoms with E-state index in [-0.39, 0.29) is 5.78 Å². The molecule has 2 heteroatoms. The number of hydrogen-bond donors (Lipinski definition) is 0. The van der Waals surface area contributed by atoms with Crippen molar-refractivity contribution in [3.05, 3.63) is 90.0 Å². The number of carbonyl (C=O) groups excluding carboxylic acids is 1. The standard InChI is InChI=1S/C19H16O2/c1-21-19(16-11-6-3-7-12-16)17(13-8-14-18(19)20)15-9-4-2-5-10-15/h2-14H,1H3. The molecule has 2 aromatic rings. The minimum Gasteiger partial charge on any atom is -0.361 e. The largest absolute Gasteiger partial charge is 0.361 e. The van der Waals surface area contributed by atoms with Crippen LogP contribution in [-0.2, 0) is 15.1 Å². The predicted molar refractivity (Wildman–Crippen MR) is 83.7 cm³/mol. The third-order valence-electron chi connectivity index (χ3n) is 3.81. The molecular weight excluding hydrogens is 260 g/mol. The first-order chi connectivity index (χ1) is 10.3. The van der Waals surface area contributed by atoms with Gasteiger partial charge in [-0.1, -0.05) is 72.8 Å². The Hall–Kier alpha value is -2.45. The minimum atomic E-state index is -1.07. The van der Waals surface area contributed by atoms with Gasteiger partial charge in [-0.05, 0) is 17.2 Å². The number of allylic oxidation sites excluding steroid dienone is 2. The summed E-state index contributed by atoms with van der Waals surface area (Å²) in [5.74, 6) is -0.0578. The second-order valence-electron chi connectivity index (χ2n) is 4.92. The van der Waals surface area contributed by atoms with Crippen molar-refractivity contribution in [2.75, 3.05) is 7.11 Å². The zero-order chi connectivity index (χ0) is 14.7. The van der Waals surface area contributed by atoms with E-state index in [2.05, 4.69) is 0 Å². The van der Waals surface area contributed by atoms with E-state index in [9.17, 15) is 4.79 Å². The Balaban J connectivity index is 2.23. The molecule has 0 spiro atoms. The third-order valence-corrected chi connectivity index (χ3v) is 3.81. The molecule has 0 radical (unpaired) electrons. The van der Waals surface area contributed by atoms with Crippen LogP contribution in [0.3, 0.4) is 0 Å². The van der Waals surface area contributed by atoms with Gasteiger partial charge >= 0.3 is 0 Å². The topological polar surface area (TPSA) is 26.3 Å². The second-order valence-corrected chi connectivity index (χ2v) is 4.92. The van der Waals surface area contributed by atoms with E-state index in [0.29, 0.717) is 0 Å².